The van der Waals surface area contributed by atoms with Crippen molar-refractivity contribution in [2.75, 3.05) is 13.7 Å². The lowest BCUT2D eigenvalue weighted by atomic mass is 9.98. The van der Waals surface area contributed by atoms with E-state index in [2.05, 4.69) is 24.4 Å². The Morgan fingerprint density at radius 3 is 2.59 bits per heavy atom. The summed E-state index contributed by atoms with van der Waals surface area (Å²) in [6.45, 7) is 5.40. The van der Waals surface area contributed by atoms with Gasteiger partial charge in [0.05, 0.1) is 13.3 Å². The minimum absolute atomic E-state index is 0.139. The van der Waals surface area contributed by atoms with Gasteiger partial charge in [0.15, 0.2) is 18.1 Å². The first-order chi connectivity index (χ1) is 13.9. The van der Waals surface area contributed by atoms with Crippen LogP contribution >= 0.6 is 0 Å². The lowest BCUT2D eigenvalue weighted by molar-refractivity contribution is -0.132. The maximum Gasteiger partial charge on any atom is 0.308 e. The van der Waals surface area contributed by atoms with Gasteiger partial charge >= 0.3 is 5.97 Å². The first kappa shape index (κ1) is 21.9. The number of benzene rings is 2. The van der Waals surface area contributed by atoms with Crippen molar-refractivity contribution in [3.8, 4) is 17.2 Å². The van der Waals surface area contributed by atoms with Crippen LogP contribution in [0.25, 0.3) is 0 Å². The van der Waals surface area contributed by atoms with E-state index in [0.717, 1.165) is 12.0 Å². The van der Waals surface area contributed by atoms with E-state index in [-0.39, 0.29) is 12.5 Å². The average Bonchev–Trinajstić information content (AvgIpc) is 2.72. The number of carbonyl (C=O) groups is 2. The Kier molecular flexibility index (Phi) is 8.21. The van der Waals surface area contributed by atoms with Gasteiger partial charge in [0.25, 0.3) is 5.91 Å². The zero-order chi connectivity index (χ0) is 21.2. The lowest BCUT2D eigenvalue weighted by Crippen LogP contribution is -2.25. The lowest BCUT2D eigenvalue weighted by Gasteiger charge is -2.15. The van der Waals surface area contributed by atoms with Crippen molar-refractivity contribution in [2.24, 2.45) is 5.10 Å². The van der Waals surface area contributed by atoms with Crippen molar-refractivity contribution in [1.82, 2.24) is 5.43 Å². The van der Waals surface area contributed by atoms with Gasteiger partial charge in [0, 0.05) is 6.92 Å². The topological polar surface area (TPSA) is 86.2 Å². The number of hydrazone groups is 1. The Bertz CT molecular complexity index is 879. The van der Waals surface area contributed by atoms with Crippen molar-refractivity contribution in [2.45, 2.75) is 33.1 Å². The molecule has 7 nitrogen and oxygen atoms in total. The zero-order valence-corrected chi connectivity index (χ0v) is 17.1. The summed E-state index contributed by atoms with van der Waals surface area (Å²) < 4.78 is 15.9. The Morgan fingerprint density at radius 1 is 1.14 bits per heavy atom. The second-order valence-electron chi connectivity index (χ2n) is 6.43. The van der Waals surface area contributed by atoms with E-state index in [0.29, 0.717) is 28.7 Å². The fourth-order valence-electron chi connectivity index (χ4n) is 2.60. The van der Waals surface area contributed by atoms with Crippen LogP contribution < -0.4 is 19.6 Å². The highest BCUT2D eigenvalue weighted by Crippen LogP contribution is 2.28. The standard InChI is InChI=1S/C22H26N2O5/c1-5-15(2)18-8-6-7-9-19(18)28-14-22(26)24-23-13-17-10-11-20(29-16(3)25)21(12-17)27-4/h6-13,15H,5,14H2,1-4H3,(H,24,26). The number of rotatable bonds is 9. The van der Waals surface area contributed by atoms with Crippen LogP contribution in [0.3, 0.4) is 0 Å². The van der Waals surface area contributed by atoms with Gasteiger partial charge in [-0.3, -0.25) is 9.59 Å². The number of hydrogen-bond donors (Lipinski definition) is 1. The number of esters is 1. The van der Waals surface area contributed by atoms with Gasteiger partial charge < -0.3 is 14.2 Å². The Labute approximate surface area is 170 Å². The molecular formula is C22H26N2O5. The largest absolute Gasteiger partial charge is 0.493 e. The number of para-hydroxylation sites is 1. The van der Waals surface area contributed by atoms with E-state index in [4.69, 9.17) is 14.2 Å². The first-order valence-electron chi connectivity index (χ1n) is 9.34. The van der Waals surface area contributed by atoms with E-state index in [9.17, 15) is 9.59 Å². The Morgan fingerprint density at radius 2 is 1.90 bits per heavy atom. The quantitative estimate of drug-likeness (QED) is 0.301. The van der Waals surface area contributed by atoms with Crippen LogP contribution in [-0.4, -0.2) is 31.8 Å². The van der Waals surface area contributed by atoms with Gasteiger partial charge in [-0.25, -0.2) is 5.43 Å². The van der Waals surface area contributed by atoms with E-state index >= 15 is 0 Å². The molecule has 0 radical (unpaired) electrons. The van der Waals surface area contributed by atoms with Crippen LogP contribution in [0.5, 0.6) is 17.2 Å². The molecule has 1 atom stereocenters. The summed E-state index contributed by atoms with van der Waals surface area (Å²) in [6, 6.07) is 12.6. The fraction of sp³-hybridized carbons (Fsp3) is 0.318. The number of ether oxygens (including phenoxy) is 3. The second-order valence-corrected chi connectivity index (χ2v) is 6.43. The molecule has 0 aliphatic heterocycles. The molecule has 0 saturated heterocycles. The first-order valence-corrected chi connectivity index (χ1v) is 9.34. The summed E-state index contributed by atoms with van der Waals surface area (Å²) in [7, 11) is 1.47. The molecule has 0 saturated carbocycles. The van der Waals surface area contributed by atoms with Gasteiger partial charge in [-0.05, 0) is 47.7 Å². The highest BCUT2D eigenvalue weighted by Gasteiger charge is 2.11. The summed E-state index contributed by atoms with van der Waals surface area (Å²) in [6.07, 6.45) is 2.45. The van der Waals surface area contributed by atoms with Crippen LogP contribution in [0.1, 0.15) is 44.2 Å². The van der Waals surface area contributed by atoms with Crippen molar-refractivity contribution in [3.05, 3.63) is 53.6 Å². The van der Waals surface area contributed by atoms with E-state index in [1.807, 2.05) is 24.3 Å². The molecule has 2 rings (SSSR count). The summed E-state index contributed by atoms with van der Waals surface area (Å²) >= 11 is 0. The summed E-state index contributed by atoms with van der Waals surface area (Å²) in [5, 5.41) is 3.93. The molecule has 0 aromatic heterocycles. The summed E-state index contributed by atoms with van der Waals surface area (Å²) in [4.78, 5) is 23.1. The summed E-state index contributed by atoms with van der Waals surface area (Å²) in [5.74, 6) is 0.939. The molecule has 0 heterocycles. The number of amides is 1. The molecule has 0 aliphatic carbocycles. The van der Waals surface area contributed by atoms with E-state index in [1.54, 1.807) is 18.2 Å². The van der Waals surface area contributed by atoms with Gasteiger partial charge in [-0.2, -0.15) is 5.10 Å². The minimum atomic E-state index is -0.438. The summed E-state index contributed by atoms with van der Waals surface area (Å²) in [5.41, 5.74) is 4.17. The van der Waals surface area contributed by atoms with Crippen LogP contribution in [0, 0.1) is 0 Å². The third-order valence-electron chi connectivity index (χ3n) is 4.27. The molecular weight excluding hydrogens is 372 g/mol. The molecule has 0 aliphatic rings. The SMILES string of the molecule is CCC(C)c1ccccc1OCC(=O)NN=Cc1ccc(OC(C)=O)c(OC)c1. The monoisotopic (exact) mass is 398 g/mol. The maximum atomic E-state index is 12.0. The normalized spacial score (nSPS) is 11.7. The molecule has 2 aromatic carbocycles. The maximum absolute atomic E-state index is 12.0. The number of nitrogens with zero attached hydrogens (tertiary/aromatic N) is 1. The molecule has 0 fully saturated rings. The molecule has 1 N–H and O–H groups in total. The van der Waals surface area contributed by atoms with Crippen LogP contribution in [-0.2, 0) is 9.59 Å². The minimum Gasteiger partial charge on any atom is -0.493 e. The molecule has 2 aromatic rings. The molecule has 154 valence electrons. The van der Waals surface area contributed by atoms with Crippen molar-refractivity contribution in [1.29, 1.82) is 0 Å². The van der Waals surface area contributed by atoms with Crippen molar-refractivity contribution in [3.63, 3.8) is 0 Å². The number of carbonyl (C=O) groups excluding carboxylic acids is 2. The molecule has 7 heteroatoms. The fourth-order valence-corrected chi connectivity index (χ4v) is 2.60. The Hall–Kier alpha value is -3.35. The predicted molar refractivity (Wildman–Crippen MR) is 111 cm³/mol. The number of nitrogens with one attached hydrogen (secondary N) is 1. The van der Waals surface area contributed by atoms with Crippen LogP contribution in [0.15, 0.2) is 47.6 Å². The molecule has 0 spiro atoms. The van der Waals surface area contributed by atoms with E-state index < -0.39 is 5.97 Å². The molecule has 1 amide bonds. The van der Waals surface area contributed by atoms with Crippen LogP contribution in [0.4, 0.5) is 0 Å². The van der Waals surface area contributed by atoms with E-state index in [1.165, 1.54) is 20.2 Å². The van der Waals surface area contributed by atoms with Crippen molar-refractivity contribution >= 4 is 18.1 Å². The second kappa shape index (κ2) is 10.8. The highest BCUT2D eigenvalue weighted by molar-refractivity contribution is 5.84. The Balaban J connectivity index is 1.93. The third kappa shape index (κ3) is 6.64. The zero-order valence-electron chi connectivity index (χ0n) is 17.1. The number of methoxy groups -OCH3 is 1. The highest BCUT2D eigenvalue weighted by atomic mass is 16.6. The molecule has 0 bridgehead atoms. The molecule has 1 unspecified atom stereocenters. The average molecular weight is 398 g/mol. The van der Waals surface area contributed by atoms with Gasteiger partial charge in [0.1, 0.15) is 5.75 Å². The molecule has 29 heavy (non-hydrogen) atoms. The van der Waals surface area contributed by atoms with Crippen molar-refractivity contribution < 1.29 is 23.8 Å². The van der Waals surface area contributed by atoms with Crippen LogP contribution in [0.2, 0.25) is 0 Å². The van der Waals surface area contributed by atoms with Gasteiger partial charge in [-0.15, -0.1) is 0 Å². The number of hydrogen-bond acceptors (Lipinski definition) is 6. The smallest absolute Gasteiger partial charge is 0.308 e. The third-order valence-corrected chi connectivity index (χ3v) is 4.27. The predicted octanol–water partition coefficient (Wildman–Crippen LogP) is 3.66. The van der Waals surface area contributed by atoms with Gasteiger partial charge in [0.2, 0.25) is 0 Å². The van der Waals surface area contributed by atoms with Gasteiger partial charge in [-0.1, -0.05) is 32.0 Å².